The Hall–Kier alpha value is -1.49. The molecule has 0 aliphatic heterocycles. The van der Waals surface area contributed by atoms with Gasteiger partial charge in [0.1, 0.15) is 0 Å². The summed E-state index contributed by atoms with van der Waals surface area (Å²) < 4.78 is 24.7. The fourth-order valence-electron chi connectivity index (χ4n) is 2.84. The van der Waals surface area contributed by atoms with E-state index in [1.165, 1.54) is 20.3 Å². The summed E-state index contributed by atoms with van der Waals surface area (Å²) in [6.07, 6.45) is 4.33. The molecule has 1 fully saturated rings. The van der Waals surface area contributed by atoms with Gasteiger partial charge < -0.3 is 20.3 Å². The number of hydrogen-bond donors (Lipinski definition) is 2. The molecular formula is C14H20FNO3. The van der Waals surface area contributed by atoms with Gasteiger partial charge in [0.2, 0.25) is 0 Å². The van der Waals surface area contributed by atoms with E-state index < -0.39 is 17.1 Å². The summed E-state index contributed by atoms with van der Waals surface area (Å²) >= 11 is 0. The third kappa shape index (κ3) is 2.34. The number of ether oxygens (including phenoxy) is 2. The van der Waals surface area contributed by atoms with E-state index in [-0.39, 0.29) is 11.3 Å². The summed E-state index contributed by atoms with van der Waals surface area (Å²) in [7, 11) is 2.90. The number of aromatic hydroxyl groups is 1. The highest BCUT2D eigenvalue weighted by Gasteiger charge is 2.37. The molecule has 1 aliphatic carbocycles. The molecule has 0 heterocycles. The van der Waals surface area contributed by atoms with E-state index in [0.717, 1.165) is 19.3 Å². The molecule has 2 rings (SSSR count). The summed E-state index contributed by atoms with van der Waals surface area (Å²) in [5.74, 6) is -0.584. The van der Waals surface area contributed by atoms with Crippen LogP contribution in [0.5, 0.6) is 17.2 Å². The largest absolute Gasteiger partial charge is 0.505 e. The lowest BCUT2D eigenvalue weighted by atomic mass is 9.76. The first kappa shape index (κ1) is 13.9. The molecular weight excluding hydrogens is 249 g/mol. The van der Waals surface area contributed by atoms with Gasteiger partial charge >= 0.3 is 0 Å². The van der Waals surface area contributed by atoms with Crippen LogP contribution in [0.15, 0.2) is 6.07 Å². The second-order valence-electron chi connectivity index (χ2n) is 5.04. The van der Waals surface area contributed by atoms with Crippen molar-refractivity contribution in [2.24, 2.45) is 5.73 Å². The minimum Gasteiger partial charge on any atom is -0.505 e. The van der Waals surface area contributed by atoms with E-state index in [9.17, 15) is 9.50 Å². The zero-order valence-corrected chi connectivity index (χ0v) is 11.3. The van der Waals surface area contributed by atoms with Crippen LogP contribution in [0.25, 0.3) is 0 Å². The van der Waals surface area contributed by atoms with Crippen molar-refractivity contribution >= 4 is 0 Å². The lowest BCUT2D eigenvalue weighted by molar-refractivity contribution is 0.267. The van der Waals surface area contributed by atoms with Gasteiger partial charge in [-0.05, 0) is 12.8 Å². The first-order valence-corrected chi connectivity index (χ1v) is 6.46. The summed E-state index contributed by atoms with van der Waals surface area (Å²) in [6, 6.07) is 1.21. The van der Waals surface area contributed by atoms with Gasteiger partial charge in [0, 0.05) is 11.6 Å². The predicted octanol–water partition coefficient (Wildman–Crippen LogP) is 2.67. The van der Waals surface area contributed by atoms with Gasteiger partial charge in [0.05, 0.1) is 19.8 Å². The Morgan fingerprint density at radius 1 is 1.21 bits per heavy atom. The highest BCUT2D eigenvalue weighted by Crippen LogP contribution is 2.47. The predicted molar refractivity (Wildman–Crippen MR) is 70.1 cm³/mol. The monoisotopic (exact) mass is 269 g/mol. The first-order valence-electron chi connectivity index (χ1n) is 6.46. The SMILES string of the molecule is COc1cc(O)c(F)c(C2(N)CCCCC2)c1OC. The molecule has 0 aromatic heterocycles. The van der Waals surface area contributed by atoms with Gasteiger partial charge in [0.25, 0.3) is 0 Å². The zero-order valence-electron chi connectivity index (χ0n) is 11.3. The summed E-state index contributed by atoms with van der Waals surface area (Å²) in [5, 5.41) is 9.71. The van der Waals surface area contributed by atoms with Gasteiger partial charge in [-0.1, -0.05) is 19.3 Å². The third-order valence-electron chi connectivity index (χ3n) is 3.83. The molecule has 19 heavy (non-hydrogen) atoms. The first-order chi connectivity index (χ1) is 9.03. The van der Waals surface area contributed by atoms with Crippen LogP contribution >= 0.6 is 0 Å². The standard InChI is InChI=1S/C14H20FNO3/c1-18-10-8-9(17)12(15)11(13(10)19-2)14(16)6-4-3-5-7-14/h8,17H,3-7,16H2,1-2H3. The van der Waals surface area contributed by atoms with Crippen LogP contribution in [0.2, 0.25) is 0 Å². The molecule has 0 amide bonds. The Balaban J connectivity index is 2.62. The van der Waals surface area contributed by atoms with Crippen molar-refractivity contribution in [1.29, 1.82) is 0 Å². The van der Waals surface area contributed by atoms with Crippen molar-refractivity contribution in [3.05, 3.63) is 17.4 Å². The molecule has 1 aromatic carbocycles. The summed E-state index contributed by atoms with van der Waals surface area (Å²) in [4.78, 5) is 0. The van der Waals surface area contributed by atoms with Crippen molar-refractivity contribution in [2.45, 2.75) is 37.6 Å². The Bertz CT molecular complexity index is 470. The molecule has 0 radical (unpaired) electrons. The van der Waals surface area contributed by atoms with E-state index in [4.69, 9.17) is 15.2 Å². The van der Waals surface area contributed by atoms with E-state index >= 15 is 0 Å². The lowest BCUT2D eigenvalue weighted by Crippen LogP contribution is -2.40. The number of phenols is 1. The third-order valence-corrected chi connectivity index (χ3v) is 3.83. The van der Waals surface area contributed by atoms with E-state index in [1.54, 1.807) is 0 Å². The average Bonchev–Trinajstić information content (AvgIpc) is 2.41. The Morgan fingerprint density at radius 3 is 2.37 bits per heavy atom. The van der Waals surface area contributed by atoms with Crippen molar-refractivity contribution in [3.8, 4) is 17.2 Å². The topological polar surface area (TPSA) is 64.7 Å². The summed E-state index contributed by atoms with van der Waals surface area (Å²) in [6.45, 7) is 0. The number of phenolic OH excluding ortho intramolecular Hbond substituents is 1. The fourth-order valence-corrected chi connectivity index (χ4v) is 2.84. The Kier molecular flexibility index (Phi) is 3.85. The van der Waals surface area contributed by atoms with E-state index in [0.29, 0.717) is 18.6 Å². The molecule has 0 atom stereocenters. The van der Waals surface area contributed by atoms with Crippen LogP contribution < -0.4 is 15.2 Å². The molecule has 0 saturated heterocycles. The van der Waals surface area contributed by atoms with Crippen LogP contribution in [0.1, 0.15) is 37.7 Å². The van der Waals surface area contributed by atoms with Crippen molar-refractivity contribution in [3.63, 3.8) is 0 Å². The maximum absolute atomic E-state index is 14.3. The number of halogens is 1. The van der Waals surface area contributed by atoms with Gasteiger partial charge in [-0.3, -0.25) is 0 Å². The van der Waals surface area contributed by atoms with Crippen LogP contribution in [0.4, 0.5) is 4.39 Å². The van der Waals surface area contributed by atoms with E-state index in [2.05, 4.69) is 0 Å². The normalized spacial score (nSPS) is 18.1. The smallest absolute Gasteiger partial charge is 0.173 e. The van der Waals surface area contributed by atoms with Crippen LogP contribution in [-0.4, -0.2) is 19.3 Å². The molecule has 1 aromatic rings. The Labute approximate surface area is 112 Å². The molecule has 1 saturated carbocycles. The number of benzene rings is 1. The quantitative estimate of drug-likeness (QED) is 0.885. The van der Waals surface area contributed by atoms with Gasteiger partial charge in [0.15, 0.2) is 23.1 Å². The molecule has 1 aliphatic rings. The summed E-state index contributed by atoms with van der Waals surface area (Å²) in [5.41, 5.74) is 5.79. The van der Waals surface area contributed by atoms with Crippen LogP contribution in [0, 0.1) is 5.82 Å². The maximum Gasteiger partial charge on any atom is 0.173 e. The number of nitrogens with two attached hydrogens (primary N) is 1. The number of rotatable bonds is 3. The van der Waals surface area contributed by atoms with Gasteiger partial charge in [-0.15, -0.1) is 0 Å². The molecule has 3 N–H and O–H groups in total. The molecule has 0 bridgehead atoms. The van der Waals surface area contributed by atoms with Crippen molar-refractivity contribution in [1.82, 2.24) is 0 Å². The number of methoxy groups -OCH3 is 2. The van der Waals surface area contributed by atoms with Crippen molar-refractivity contribution < 1.29 is 19.0 Å². The minimum atomic E-state index is -0.806. The minimum absolute atomic E-state index is 0.228. The van der Waals surface area contributed by atoms with Crippen LogP contribution in [0.3, 0.4) is 0 Å². The molecule has 4 nitrogen and oxygen atoms in total. The fraction of sp³-hybridized carbons (Fsp3) is 0.571. The van der Waals surface area contributed by atoms with Crippen LogP contribution in [-0.2, 0) is 5.54 Å². The van der Waals surface area contributed by atoms with Gasteiger partial charge in [-0.2, -0.15) is 0 Å². The van der Waals surface area contributed by atoms with Gasteiger partial charge in [-0.25, -0.2) is 4.39 Å². The lowest BCUT2D eigenvalue weighted by Gasteiger charge is -2.35. The van der Waals surface area contributed by atoms with Crippen molar-refractivity contribution in [2.75, 3.05) is 14.2 Å². The highest BCUT2D eigenvalue weighted by atomic mass is 19.1. The maximum atomic E-state index is 14.3. The number of hydrogen-bond acceptors (Lipinski definition) is 4. The Morgan fingerprint density at radius 2 is 1.84 bits per heavy atom. The van der Waals surface area contributed by atoms with E-state index in [1.807, 2.05) is 0 Å². The highest BCUT2D eigenvalue weighted by molar-refractivity contribution is 5.55. The molecule has 0 unspecified atom stereocenters. The average molecular weight is 269 g/mol. The molecule has 106 valence electrons. The molecule has 5 heteroatoms. The zero-order chi connectivity index (χ0) is 14.0. The molecule has 0 spiro atoms. The second kappa shape index (κ2) is 5.25. The second-order valence-corrected chi connectivity index (χ2v) is 5.04.